The number of nitrogens with two attached hydrogens (primary N) is 1. The molecule has 0 amide bonds. The normalized spacial score (nSPS) is 10.5. The summed E-state index contributed by atoms with van der Waals surface area (Å²) in [5, 5.41) is 2.61. The smallest absolute Gasteiger partial charge is 0.151 e. The van der Waals surface area contributed by atoms with Crippen molar-refractivity contribution in [1.29, 1.82) is 0 Å². The molecule has 0 spiro atoms. The monoisotopic (exact) mass is 331 g/mol. The van der Waals surface area contributed by atoms with Crippen LogP contribution in [0.4, 0.5) is 11.5 Å². The minimum Gasteiger partial charge on any atom is -0.396 e. The van der Waals surface area contributed by atoms with E-state index in [2.05, 4.69) is 32.4 Å². The number of nitrogens with zero attached hydrogens (tertiary/aromatic N) is 2. The Bertz CT molecular complexity index is 529. The summed E-state index contributed by atoms with van der Waals surface area (Å²) in [5.74, 6) is 0.749. The van der Waals surface area contributed by atoms with Crippen molar-refractivity contribution >= 4 is 50.4 Å². The summed E-state index contributed by atoms with van der Waals surface area (Å²) in [5.41, 5.74) is 6.48. The van der Waals surface area contributed by atoms with Gasteiger partial charge in [0.2, 0.25) is 0 Å². The van der Waals surface area contributed by atoms with Crippen molar-refractivity contribution in [3.63, 3.8) is 0 Å². The highest BCUT2D eigenvalue weighted by Gasteiger charge is 2.09. The maximum atomic E-state index is 5.89. The summed E-state index contributed by atoms with van der Waals surface area (Å²) in [6, 6.07) is 3.80. The largest absolute Gasteiger partial charge is 0.396 e. The molecule has 2 heterocycles. The van der Waals surface area contributed by atoms with E-state index in [1.807, 2.05) is 11.9 Å². The van der Waals surface area contributed by atoms with Gasteiger partial charge in [-0.15, -0.1) is 11.3 Å². The Hall–Kier alpha value is -0.780. The number of thiophene rings is 1. The fraction of sp³-hybridized carbons (Fsp3) is 0.182. The Labute approximate surface area is 117 Å². The van der Waals surface area contributed by atoms with Gasteiger partial charge in [0.15, 0.2) is 5.82 Å². The molecule has 0 fully saturated rings. The van der Waals surface area contributed by atoms with Crippen LogP contribution in [0.25, 0.3) is 0 Å². The second-order valence-electron chi connectivity index (χ2n) is 3.65. The molecule has 0 radical (unpaired) electrons. The number of aromatic nitrogens is 1. The van der Waals surface area contributed by atoms with Crippen LogP contribution in [0.15, 0.2) is 28.2 Å². The van der Waals surface area contributed by atoms with E-state index in [0.717, 1.165) is 16.8 Å². The van der Waals surface area contributed by atoms with Crippen molar-refractivity contribution in [2.24, 2.45) is 0 Å². The maximum absolute atomic E-state index is 5.89. The molecule has 0 aromatic carbocycles. The molecule has 0 aliphatic carbocycles. The first kappa shape index (κ1) is 12.7. The Morgan fingerprint density at radius 3 is 2.88 bits per heavy atom. The molecule has 3 nitrogen and oxygen atoms in total. The summed E-state index contributed by atoms with van der Waals surface area (Å²) in [6.07, 6.45) is 1.61. The first-order valence-corrected chi connectivity index (χ1v) is 6.96. The Kier molecular flexibility index (Phi) is 3.91. The average Bonchev–Trinajstić information content (AvgIpc) is 2.63. The number of pyridine rings is 1. The zero-order valence-corrected chi connectivity index (χ0v) is 12.3. The van der Waals surface area contributed by atoms with E-state index >= 15 is 0 Å². The molecule has 0 aliphatic heterocycles. The summed E-state index contributed by atoms with van der Waals surface area (Å²) in [4.78, 5) is 7.49. The lowest BCUT2D eigenvalue weighted by molar-refractivity contribution is 0.915. The lowest BCUT2D eigenvalue weighted by Gasteiger charge is -2.18. The van der Waals surface area contributed by atoms with Crippen LogP contribution < -0.4 is 10.6 Å². The highest BCUT2D eigenvalue weighted by Crippen LogP contribution is 2.26. The number of hydrogen-bond donors (Lipinski definition) is 1. The molecule has 6 heteroatoms. The fourth-order valence-electron chi connectivity index (χ4n) is 1.51. The molecule has 0 unspecified atom stereocenters. The van der Waals surface area contributed by atoms with E-state index in [9.17, 15) is 0 Å². The molecule has 0 atom stereocenters. The number of anilines is 2. The van der Waals surface area contributed by atoms with E-state index in [1.54, 1.807) is 23.6 Å². The van der Waals surface area contributed by atoms with Crippen molar-refractivity contribution in [2.45, 2.75) is 6.54 Å². The molecule has 17 heavy (non-hydrogen) atoms. The van der Waals surface area contributed by atoms with Crippen LogP contribution in [-0.4, -0.2) is 12.0 Å². The first-order valence-electron chi connectivity index (χ1n) is 4.91. The van der Waals surface area contributed by atoms with Gasteiger partial charge in [0.25, 0.3) is 0 Å². The van der Waals surface area contributed by atoms with Gasteiger partial charge in [-0.2, -0.15) is 0 Å². The van der Waals surface area contributed by atoms with E-state index in [0.29, 0.717) is 10.7 Å². The zero-order valence-electron chi connectivity index (χ0n) is 9.15. The topological polar surface area (TPSA) is 42.2 Å². The van der Waals surface area contributed by atoms with E-state index in [4.69, 9.17) is 17.3 Å². The predicted octanol–water partition coefficient (Wildman–Crippen LogP) is 3.78. The summed E-state index contributed by atoms with van der Waals surface area (Å²) in [7, 11) is 1.96. The minimum absolute atomic E-state index is 0.554. The lowest BCUT2D eigenvalue weighted by Crippen LogP contribution is -2.18. The third kappa shape index (κ3) is 3.12. The SMILES string of the molecule is CN(Cc1cc(Br)cs1)c1ncc(Cl)cc1N. The highest BCUT2D eigenvalue weighted by molar-refractivity contribution is 9.10. The zero-order chi connectivity index (χ0) is 12.4. The molecule has 2 aromatic heterocycles. The molecular weight excluding hydrogens is 322 g/mol. The summed E-state index contributed by atoms with van der Waals surface area (Å²) < 4.78 is 1.10. The van der Waals surface area contributed by atoms with Gasteiger partial charge < -0.3 is 10.6 Å². The molecule has 2 N–H and O–H groups in total. The third-order valence-electron chi connectivity index (χ3n) is 2.24. The molecule has 90 valence electrons. The van der Waals surface area contributed by atoms with E-state index in [-0.39, 0.29) is 0 Å². The molecular formula is C11H11BrClN3S. The predicted molar refractivity (Wildman–Crippen MR) is 77.8 cm³/mol. The minimum atomic E-state index is 0.554. The maximum Gasteiger partial charge on any atom is 0.151 e. The van der Waals surface area contributed by atoms with Crippen LogP contribution in [0.3, 0.4) is 0 Å². The van der Waals surface area contributed by atoms with Crippen molar-refractivity contribution < 1.29 is 0 Å². The number of hydrogen-bond acceptors (Lipinski definition) is 4. The van der Waals surface area contributed by atoms with Crippen molar-refractivity contribution in [1.82, 2.24) is 4.98 Å². The average molecular weight is 333 g/mol. The third-order valence-corrected chi connectivity index (χ3v) is 4.13. The van der Waals surface area contributed by atoms with Gasteiger partial charge in [0.05, 0.1) is 17.3 Å². The molecule has 2 aromatic rings. The van der Waals surface area contributed by atoms with E-state index < -0.39 is 0 Å². The van der Waals surface area contributed by atoms with Crippen LogP contribution in [0.2, 0.25) is 5.02 Å². The first-order chi connectivity index (χ1) is 8.06. The van der Waals surface area contributed by atoms with Gasteiger partial charge in [-0.25, -0.2) is 4.98 Å². The van der Waals surface area contributed by atoms with Crippen LogP contribution >= 0.6 is 38.9 Å². The summed E-state index contributed by atoms with van der Waals surface area (Å²) >= 11 is 11.0. The summed E-state index contributed by atoms with van der Waals surface area (Å²) in [6.45, 7) is 0.773. The van der Waals surface area contributed by atoms with Gasteiger partial charge >= 0.3 is 0 Å². The molecule has 0 saturated carbocycles. The molecule has 0 aliphatic rings. The number of rotatable bonds is 3. The van der Waals surface area contributed by atoms with Crippen LogP contribution in [0.5, 0.6) is 0 Å². The van der Waals surface area contributed by atoms with Gasteiger partial charge in [0.1, 0.15) is 0 Å². The van der Waals surface area contributed by atoms with Crippen LogP contribution in [0.1, 0.15) is 4.88 Å². The van der Waals surface area contributed by atoms with Gasteiger partial charge in [-0.05, 0) is 28.1 Å². The van der Waals surface area contributed by atoms with Crippen LogP contribution in [-0.2, 0) is 6.54 Å². The lowest BCUT2D eigenvalue weighted by atomic mass is 10.3. The Morgan fingerprint density at radius 2 is 2.29 bits per heavy atom. The van der Waals surface area contributed by atoms with Crippen molar-refractivity contribution in [3.05, 3.63) is 38.1 Å². The van der Waals surface area contributed by atoms with Gasteiger partial charge in [-0.1, -0.05) is 11.6 Å². The second kappa shape index (κ2) is 5.25. The number of halogens is 2. The Balaban J connectivity index is 2.17. The fourth-order valence-corrected chi connectivity index (χ4v) is 3.18. The van der Waals surface area contributed by atoms with Crippen molar-refractivity contribution in [3.8, 4) is 0 Å². The number of nitrogen functional groups attached to an aromatic ring is 1. The van der Waals surface area contributed by atoms with Crippen LogP contribution in [0, 0.1) is 0 Å². The Morgan fingerprint density at radius 1 is 1.53 bits per heavy atom. The molecule has 0 bridgehead atoms. The second-order valence-corrected chi connectivity index (χ2v) is 6.00. The van der Waals surface area contributed by atoms with Crippen molar-refractivity contribution in [2.75, 3.05) is 17.7 Å². The van der Waals surface area contributed by atoms with Gasteiger partial charge in [-0.3, -0.25) is 0 Å². The van der Waals surface area contributed by atoms with E-state index in [1.165, 1.54) is 4.88 Å². The molecule has 0 saturated heterocycles. The quantitative estimate of drug-likeness (QED) is 0.930. The standard InChI is InChI=1S/C11H11BrClN3S/c1-16(5-9-2-7(12)6-17-9)11-10(14)3-8(13)4-15-11/h2-4,6H,5,14H2,1H3. The van der Waals surface area contributed by atoms with Gasteiger partial charge in [0, 0.05) is 28.0 Å². The highest BCUT2D eigenvalue weighted by atomic mass is 79.9. The molecule has 2 rings (SSSR count).